The number of fused-ring (bicyclic) bond motifs is 3. The van der Waals surface area contributed by atoms with E-state index in [0.29, 0.717) is 0 Å². The molecule has 61 heavy (non-hydrogen) atoms. The zero-order valence-electron chi connectivity index (χ0n) is 35.1. The van der Waals surface area contributed by atoms with E-state index in [1.54, 1.807) is 0 Å². The summed E-state index contributed by atoms with van der Waals surface area (Å²) in [5.41, 5.74) is 19.3. The van der Waals surface area contributed by atoms with E-state index in [1.165, 1.54) is 72.3 Å². The first-order valence-corrected chi connectivity index (χ1v) is 21.5. The van der Waals surface area contributed by atoms with E-state index in [9.17, 15) is 0 Å². The highest BCUT2D eigenvalue weighted by atomic mass is 15.1. The van der Waals surface area contributed by atoms with Crippen molar-refractivity contribution in [3.8, 4) is 44.5 Å². The predicted molar refractivity (Wildman–Crippen MR) is 259 cm³/mol. The third-order valence-corrected chi connectivity index (χ3v) is 12.6. The molecule has 0 radical (unpaired) electrons. The molecule has 0 amide bonds. The second kappa shape index (κ2) is 15.8. The Bertz CT molecular complexity index is 2930. The molecule has 0 spiro atoms. The summed E-state index contributed by atoms with van der Waals surface area (Å²) in [7, 11) is 0. The van der Waals surface area contributed by atoms with Gasteiger partial charge < -0.3 is 4.90 Å². The summed E-state index contributed by atoms with van der Waals surface area (Å²) in [6.07, 6.45) is 12.1. The predicted octanol–water partition coefficient (Wildman–Crippen LogP) is 16.2. The largest absolute Gasteiger partial charge is 0.310 e. The minimum Gasteiger partial charge on any atom is -0.310 e. The lowest BCUT2D eigenvalue weighted by Gasteiger charge is -2.37. The molecular weight excluding hydrogens is 735 g/mol. The van der Waals surface area contributed by atoms with E-state index in [1.807, 2.05) is 0 Å². The van der Waals surface area contributed by atoms with Crippen LogP contribution in [0.25, 0.3) is 44.5 Å². The van der Waals surface area contributed by atoms with Crippen molar-refractivity contribution in [3.63, 3.8) is 0 Å². The average Bonchev–Trinajstić information content (AvgIpc) is 3.41. The summed E-state index contributed by atoms with van der Waals surface area (Å²) in [5.74, 6) is 0. The van der Waals surface area contributed by atoms with E-state index in [-0.39, 0.29) is 5.41 Å². The Balaban J connectivity index is 1.16. The fourth-order valence-electron chi connectivity index (χ4n) is 9.49. The van der Waals surface area contributed by atoms with Crippen molar-refractivity contribution in [1.29, 1.82) is 0 Å². The van der Waals surface area contributed by atoms with E-state index >= 15 is 0 Å². The van der Waals surface area contributed by atoms with Crippen molar-refractivity contribution in [2.75, 3.05) is 4.90 Å². The highest BCUT2D eigenvalue weighted by Gasteiger charge is 2.47. The minimum atomic E-state index is -0.504. The fraction of sp³-hybridized carbons (Fsp3) is 0.100. The number of rotatable bonds is 8. The standard InChI is InChI=1S/C60H49N/c1-59(2,3)51-34-38-55-56-39-37-54(42-58(56)60(57(55)41-51,50-25-15-8-16-26-50)49-23-13-4-5-14-24-49)61(53-27-17-22-48(40-53)44-20-11-7-12-21-44)52-35-32-47(33-36-52)46-30-28-45(29-31-46)43-18-9-6-10-19-43/h4-23,25-42H,24H2,1-3H3. The molecule has 1 heteroatoms. The van der Waals surface area contributed by atoms with Crippen LogP contribution >= 0.6 is 0 Å². The van der Waals surface area contributed by atoms with Crippen LogP contribution in [0.5, 0.6) is 0 Å². The first-order chi connectivity index (χ1) is 29.9. The Morgan fingerprint density at radius 3 is 1.56 bits per heavy atom. The Morgan fingerprint density at radius 2 is 0.918 bits per heavy atom. The van der Waals surface area contributed by atoms with Gasteiger partial charge in [-0.15, -0.1) is 0 Å². The lowest BCUT2D eigenvalue weighted by molar-refractivity contribution is 0.587. The molecule has 1 nitrogen and oxygen atoms in total. The van der Waals surface area contributed by atoms with Crippen LogP contribution in [-0.2, 0) is 10.8 Å². The first-order valence-electron chi connectivity index (χ1n) is 21.5. The summed E-state index contributed by atoms with van der Waals surface area (Å²) in [4.78, 5) is 2.44. The molecule has 1 atom stereocenters. The van der Waals surface area contributed by atoms with Gasteiger partial charge in [0, 0.05) is 17.1 Å². The molecule has 0 N–H and O–H groups in total. The molecule has 0 aliphatic heterocycles. The van der Waals surface area contributed by atoms with E-state index in [0.717, 1.165) is 23.5 Å². The molecule has 1 unspecified atom stereocenters. The van der Waals surface area contributed by atoms with Gasteiger partial charge in [0.05, 0.1) is 5.41 Å². The number of hydrogen-bond donors (Lipinski definition) is 0. The van der Waals surface area contributed by atoms with E-state index in [2.05, 4.69) is 256 Å². The molecule has 294 valence electrons. The van der Waals surface area contributed by atoms with Crippen LogP contribution in [0.15, 0.2) is 236 Å². The van der Waals surface area contributed by atoms with E-state index in [4.69, 9.17) is 0 Å². The van der Waals surface area contributed by atoms with Crippen molar-refractivity contribution >= 4 is 17.1 Å². The van der Waals surface area contributed by atoms with Crippen molar-refractivity contribution in [1.82, 2.24) is 0 Å². The maximum atomic E-state index is 2.51. The molecule has 0 aromatic heterocycles. The molecule has 2 aliphatic carbocycles. The van der Waals surface area contributed by atoms with Crippen LogP contribution in [0, 0.1) is 0 Å². The lowest BCUT2D eigenvalue weighted by Crippen LogP contribution is -2.30. The molecule has 10 rings (SSSR count). The number of nitrogens with zero attached hydrogens (tertiary/aromatic N) is 1. The molecule has 0 saturated heterocycles. The number of hydrogen-bond acceptors (Lipinski definition) is 1. The Labute approximate surface area is 361 Å². The van der Waals surface area contributed by atoms with Gasteiger partial charge in [-0.25, -0.2) is 0 Å². The summed E-state index contributed by atoms with van der Waals surface area (Å²) in [6, 6.07) is 73.9. The van der Waals surface area contributed by atoms with Gasteiger partial charge in [-0.2, -0.15) is 0 Å². The van der Waals surface area contributed by atoms with Gasteiger partial charge in [-0.1, -0.05) is 215 Å². The molecule has 8 aromatic carbocycles. The Hall–Kier alpha value is -7.22. The Morgan fingerprint density at radius 1 is 0.410 bits per heavy atom. The second-order valence-corrected chi connectivity index (χ2v) is 17.3. The zero-order chi connectivity index (χ0) is 41.4. The van der Waals surface area contributed by atoms with Crippen molar-refractivity contribution < 1.29 is 0 Å². The van der Waals surface area contributed by atoms with Crippen LogP contribution in [0.2, 0.25) is 0 Å². The van der Waals surface area contributed by atoms with Crippen LogP contribution in [0.4, 0.5) is 17.1 Å². The topological polar surface area (TPSA) is 3.24 Å². The highest BCUT2D eigenvalue weighted by Crippen LogP contribution is 2.59. The normalized spacial score (nSPS) is 15.4. The van der Waals surface area contributed by atoms with Gasteiger partial charge in [0.1, 0.15) is 0 Å². The van der Waals surface area contributed by atoms with Crippen LogP contribution in [0.3, 0.4) is 0 Å². The van der Waals surface area contributed by atoms with Gasteiger partial charge in [0.25, 0.3) is 0 Å². The molecule has 0 heterocycles. The molecule has 2 aliphatic rings. The van der Waals surface area contributed by atoms with E-state index < -0.39 is 5.41 Å². The summed E-state index contributed by atoms with van der Waals surface area (Å²) in [6.45, 7) is 6.96. The smallest absolute Gasteiger partial charge is 0.0680 e. The molecule has 0 saturated carbocycles. The van der Waals surface area contributed by atoms with Crippen molar-refractivity contribution in [3.05, 3.63) is 258 Å². The highest BCUT2D eigenvalue weighted by molar-refractivity contribution is 5.90. The summed E-state index contributed by atoms with van der Waals surface area (Å²) in [5, 5.41) is 0. The third-order valence-electron chi connectivity index (χ3n) is 12.6. The van der Waals surface area contributed by atoms with Gasteiger partial charge in [-0.05, 0) is 121 Å². The number of allylic oxidation sites excluding steroid dienone is 6. The fourth-order valence-corrected chi connectivity index (χ4v) is 9.49. The van der Waals surface area contributed by atoms with Crippen molar-refractivity contribution in [2.45, 2.75) is 38.0 Å². The Kier molecular flexibility index (Phi) is 9.82. The quantitative estimate of drug-likeness (QED) is 0.148. The summed E-state index contributed by atoms with van der Waals surface area (Å²) >= 11 is 0. The minimum absolute atomic E-state index is 0.00824. The van der Waals surface area contributed by atoms with Crippen molar-refractivity contribution in [2.24, 2.45) is 0 Å². The van der Waals surface area contributed by atoms with Crippen LogP contribution in [0.1, 0.15) is 49.4 Å². The summed E-state index contributed by atoms with van der Waals surface area (Å²) < 4.78 is 0. The molecular formula is C60H49N. The molecule has 0 fully saturated rings. The SMILES string of the molecule is CC(C)(C)c1ccc2c(c1)C(C1=CC=CC=CC1)(c1ccccc1)c1cc(N(c3ccc(-c4ccc(-c5ccccc5)cc4)cc3)c3cccc(-c4ccccc4)c3)ccc1-2. The van der Waals surface area contributed by atoms with Crippen LogP contribution in [-0.4, -0.2) is 0 Å². The number of anilines is 3. The zero-order valence-corrected chi connectivity index (χ0v) is 35.1. The average molecular weight is 784 g/mol. The maximum absolute atomic E-state index is 2.51. The lowest BCUT2D eigenvalue weighted by atomic mass is 9.65. The first kappa shape index (κ1) is 38.0. The monoisotopic (exact) mass is 783 g/mol. The van der Waals surface area contributed by atoms with Gasteiger partial charge >= 0.3 is 0 Å². The van der Waals surface area contributed by atoms with Gasteiger partial charge in [0.2, 0.25) is 0 Å². The number of benzene rings is 8. The molecule has 0 bridgehead atoms. The van der Waals surface area contributed by atoms with Gasteiger partial charge in [-0.3, -0.25) is 0 Å². The third kappa shape index (κ3) is 6.97. The maximum Gasteiger partial charge on any atom is 0.0680 e. The van der Waals surface area contributed by atoms with Crippen LogP contribution < -0.4 is 4.90 Å². The second-order valence-electron chi connectivity index (χ2n) is 17.3. The van der Waals surface area contributed by atoms with Gasteiger partial charge in [0.15, 0.2) is 0 Å². The molecule has 8 aromatic rings.